The number of cyclic esters (lactones) is 1. The van der Waals surface area contributed by atoms with Crippen LogP contribution in [0.1, 0.15) is 11.5 Å². The zero-order valence-electron chi connectivity index (χ0n) is 7.18. The lowest BCUT2D eigenvalue weighted by Gasteiger charge is -2.06. The minimum absolute atomic E-state index is 0.205. The summed E-state index contributed by atoms with van der Waals surface area (Å²) >= 11 is 0. The van der Waals surface area contributed by atoms with Crippen LogP contribution in [0.5, 0.6) is 11.5 Å². The molecule has 14 heavy (non-hydrogen) atoms. The fourth-order valence-electron chi connectivity index (χ4n) is 1.32. The van der Waals surface area contributed by atoms with Gasteiger partial charge in [0.1, 0.15) is 5.92 Å². The van der Waals surface area contributed by atoms with E-state index in [1.165, 1.54) is 18.4 Å². The molecule has 0 bridgehead atoms. The van der Waals surface area contributed by atoms with E-state index in [4.69, 9.17) is 5.11 Å². The van der Waals surface area contributed by atoms with Crippen LogP contribution in [0.2, 0.25) is 0 Å². The van der Waals surface area contributed by atoms with Crippen molar-refractivity contribution in [2.24, 2.45) is 0 Å². The van der Waals surface area contributed by atoms with E-state index >= 15 is 0 Å². The molecule has 0 saturated heterocycles. The number of rotatable bonds is 1. The van der Waals surface area contributed by atoms with Gasteiger partial charge < -0.3 is 14.9 Å². The molecule has 1 unspecified atom stereocenters. The van der Waals surface area contributed by atoms with E-state index < -0.39 is 5.92 Å². The van der Waals surface area contributed by atoms with Crippen molar-refractivity contribution in [3.8, 4) is 11.5 Å². The first kappa shape index (κ1) is 8.62. The highest BCUT2D eigenvalue weighted by molar-refractivity contribution is 5.83. The highest BCUT2D eigenvalue weighted by Gasteiger charge is 2.24. The zero-order chi connectivity index (χ0) is 10.1. The topological polar surface area (TPSA) is 66.8 Å². The first-order valence-electron chi connectivity index (χ1n) is 4.07. The Kier molecular flexibility index (Phi) is 1.89. The van der Waals surface area contributed by atoms with Crippen molar-refractivity contribution < 1.29 is 19.7 Å². The number of hydrogen-bond acceptors (Lipinski definition) is 4. The number of phenols is 2. The molecule has 1 heterocycles. The largest absolute Gasteiger partial charge is 0.504 e. The third-order valence-corrected chi connectivity index (χ3v) is 2.07. The Morgan fingerprint density at radius 1 is 1.21 bits per heavy atom. The fraction of sp³-hybridized carbons (Fsp3) is 0.100. The molecule has 0 radical (unpaired) electrons. The second kappa shape index (κ2) is 3.06. The molecule has 0 spiro atoms. The van der Waals surface area contributed by atoms with Gasteiger partial charge in [0.25, 0.3) is 0 Å². The SMILES string of the molecule is O=C1OC=CC1c1ccc(O)c(O)c1. The third-order valence-electron chi connectivity index (χ3n) is 2.07. The van der Waals surface area contributed by atoms with Gasteiger partial charge in [-0.1, -0.05) is 6.07 Å². The first-order chi connectivity index (χ1) is 6.68. The second-order valence-electron chi connectivity index (χ2n) is 2.99. The molecule has 4 nitrogen and oxygen atoms in total. The standard InChI is InChI=1S/C10H8O4/c11-8-2-1-6(5-9(8)12)7-3-4-14-10(7)13/h1-5,7,11-12H. The normalized spacial score (nSPS) is 19.7. The number of hydrogen-bond donors (Lipinski definition) is 2. The molecule has 1 aliphatic rings. The summed E-state index contributed by atoms with van der Waals surface area (Å²) in [6.07, 6.45) is 2.91. The monoisotopic (exact) mass is 192 g/mol. The van der Waals surface area contributed by atoms with Gasteiger partial charge in [0, 0.05) is 0 Å². The predicted molar refractivity (Wildman–Crippen MR) is 47.7 cm³/mol. The van der Waals surface area contributed by atoms with E-state index in [9.17, 15) is 9.90 Å². The summed E-state index contributed by atoms with van der Waals surface area (Å²) in [5, 5.41) is 18.3. The van der Waals surface area contributed by atoms with Gasteiger partial charge in [-0.05, 0) is 23.8 Å². The Balaban J connectivity index is 2.37. The molecule has 2 N–H and O–H groups in total. The van der Waals surface area contributed by atoms with Gasteiger partial charge in [-0.15, -0.1) is 0 Å². The van der Waals surface area contributed by atoms with Gasteiger partial charge in [-0.25, -0.2) is 0 Å². The van der Waals surface area contributed by atoms with Crippen molar-refractivity contribution in [1.29, 1.82) is 0 Å². The summed E-state index contributed by atoms with van der Waals surface area (Å²) in [6, 6.07) is 4.25. The molecule has 1 atom stereocenters. The lowest BCUT2D eigenvalue weighted by Crippen LogP contribution is -2.05. The summed E-state index contributed by atoms with van der Waals surface area (Å²) in [5.74, 6) is -1.31. The van der Waals surface area contributed by atoms with Gasteiger partial charge in [0.2, 0.25) is 0 Å². The first-order valence-corrected chi connectivity index (χ1v) is 4.07. The number of ether oxygens (including phenoxy) is 1. The number of esters is 1. The lowest BCUT2D eigenvalue weighted by molar-refractivity contribution is -0.136. The van der Waals surface area contributed by atoms with Crippen molar-refractivity contribution in [3.63, 3.8) is 0 Å². The Hall–Kier alpha value is -1.97. The van der Waals surface area contributed by atoms with Crippen molar-refractivity contribution in [3.05, 3.63) is 36.1 Å². The van der Waals surface area contributed by atoms with Crippen LogP contribution in [0.25, 0.3) is 0 Å². The Morgan fingerprint density at radius 2 is 2.00 bits per heavy atom. The summed E-state index contributed by atoms with van der Waals surface area (Å²) in [5.41, 5.74) is 0.596. The Morgan fingerprint density at radius 3 is 2.57 bits per heavy atom. The van der Waals surface area contributed by atoms with E-state index in [0.717, 1.165) is 0 Å². The summed E-state index contributed by atoms with van der Waals surface area (Å²) in [4.78, 5) is 11.1. The van der Waals surface area contributed by atoms with E-state index in [2.05, 4.69) is 4.74 Å². The summed E-state index contributed by atoms with van der Waals surface area (Å²) in [6.45, 7) is 0. The maximum atomic E-state index is 11.1. The van der Waals surface area contributed by atoms with Crippen molar-refractivity contribution >= 4 is 5.97 Å². The number of aromatic hydroxyl groups is 2. The minimum atomic E-state index is -0.485. The fourth-order valence-corrected chi connectivity index (χ4v) is 1.32. The van der Waals surface area contributed by atoms with Crippen LogP contribution < -0.4 is 0 Å². The quantitative estimate of drug-likeness (QED) is 0.519. The smallest absolute Gasteiger partial charge is 0.322 e. The summed E-state index contributed by atoms with van der Waals surface area (Å²) in [7, 11) is 0. The predicted octanol–water partition coefficient (Wildman–Crippen LogP) is 1.25. The number of benzene rings is 1. The average molecular weight is 192 g/mol. The molecule has 4 heteroatoms. The van der Waals surface area contributed by atoms with Crippen molar-refractivity contribution in [1.82, 2.24) is 0 Å². The van der Waals surface area contributed by atoms with Gasteiger partial charge >= 0.3 is 5.97 Å². The molecule has 0 fully saturated rings. The maximum Gasteiger partial charge on any atom is 0.322 e. The van der Waals surface area contributed by atoms with Crippen LogP contribution in [0.4, 0.5) is 0 Å². The van der Waals surface area contributed by atoms with Crippen LogP contribution in [0.15, 0.2) is 30.5 Å². The highest BCUT2D eigenvalue weighted by Crippen LogP contribution is 2.31. The number of phenolic OH excluding ortho intramolecular Hbond substituents is 2. The molecular formula is C10H8O4. The molecule has 2 rings (SSSR count). The molecule has 0 saturated carbocycles. The van der Waals surface area contributed by atoms with Crippen LogP contribution in [-0.4, -0.2) is 16.2 Å². The molecule has 0 aromatic heterocycles. The molecule has 1 aliphatic heterocycles. The molecule has 72 valence electrons. The molecule has 0 aliphatic carbocycles. The Bertz CT molecular complexity index is 409. The van der Waals surface area contributed by atoms with Crippen LogP contribution in [0, 0.1) is 0 Å². The zero-order valence-corrected chi connectivity index (χ0v) is 7.18. The van der Waals surface area contributed by atoms with Crippen LogP contribution in [0.3, 0.4) is 0 Å². The highest BCUT2D eigenvalue weighted by atomic mass is 16.5. The molecule has 0 amide bonds. The molecule has 1 aromatic rings. The number of carbonyl (C=O) groups is 1. The van der Waals surface area contributed by atoms with Gasteiger partial charge in [-0.2, -0.15) is 0 Å². The lowest BCUT2D eigenvalue weighted by atomic mass is 10.00. The Labute approximate surface area is 80.1 Å². The van der Waals surface area contributed by atoms with Gasteiger partial charge in [0.15, 0.2) is 11.5 Å². The van der Waals surface area contributed by atoms with Crippen LogP contribution in [-0.2, 0) is 9.53 Å². The summed E-state index contributed by atoms with van der Waals surface area (Å²) < 4.78 is 4.63. The second-order valence-corrected chi connectivity index (χ2v) is 2.99. The third kappa shape index (κ3) is 1.31. The van der Waals surface area contributed by atoms with E-state index in [0.29, 0.717) is 5.56 Å². The maximum absolute atomic E-state index is 11.1. The number of carbonyl (C=O) groups excluding carboxylic acids is 1. The minimum Gasteiger partial charge on any atom is -0.504 e. The molecular weight excluding hydrogens is 184 g/mol. The van der Waals surface area contributed by atoms with Crippen molar-refractivity contribution in [2.75, 3.05) is 0 Å². The van der Waals surface area contributed by atoms with Gasteiger partial charge in [-0.3, -0.25) is 4.79 Å². The van der Waals surface area contributed by atoms with E-state index in [1.807, 2.05) is 0 Å². The van der Waals surface area contributed by atoms with E-state index in [-0.39, 0.29) is 17.5 Å². The van der Waals surface area contributed by atoms with Crippen molar-refractivity contribution in [2.45, 2.75) is 5.92 Å². The van der Waals surface area contributed by atoms with E-state index in [1.54, 1.807) is 12.1 Å². The van der Waals surface area contributed by atoms with Crippen LogP contribution >= 0.6 is 0 Å². The van der Waals surface area contributed by atoms with Gasteiger partial charge in [0.05, 0.1) is 6.26 Å². The molecule has 1 aromatic carbocycles. The average Bonchev–Trinajstić information content (AvgIpc) is 2.57.